The summed E-state index contributed by atoms with van der Waals surface area (Å²) in [7, 11) is 1.77. The Labute approximate surface area is 104 Å². The molecule has 2 aliphatic rings. The number of hydrogen-bond donors (Lipinski definition) is 1. The van der Waals surface area contributed by atoms with E-state index in [1.807, 2.05) is 0 Å². The van der Waals surface area contributed by atoms with Crippen molar-refractivity contribution in [1.29, 1.82) is 0 Å². The summed E-state index contributed by atoms with van der Waals surface area (Å²) in [6.07, 6.45) is 5.09. The molecule has 0 spiro atoms. The molecule has 0 aromatic rings. The van der Waals surface area contributed by atoms with E-state index in [0.717, 1.165) is 45.2 Å². The van der Waals surface area contributed by atoms with E-state index in [2.05, 4.69) is 11.8 Å². The molecule has 100 valence electrons. The second-order valence-electron chi connectivity index (χ2n) is 5.48. The summed E-state index contributed by atoms with van der Waals surface area (Å²) in [4.78, 5) is 2.61. The van der Waals surface area contributed by atoms with Gasteiger partial charge >= 0.3 is 0 Å². The highest BCUT2D eigenvalue weighted by molar-refractivity contribution is 5.01. The van der Waals surface area contributed by atoms with Crippen LogP contribution in [0.2, 0.25) is 0 Å². The zero-order valence-corrected chi connectivity index (χ0v) is 11.2. The van der Waals surface area contributed by atoms with Gasteiger partial charge in [0.2, 0.25) is 0 Å². The Bertz CT molecular complexity index is 246. The molecule has 0 bridgehead atoms. The molecule has 1 heterocycles. The van der Waals surface area contributed by atoms with Crippen LogP contribution >= 0.6 is 0 Å². The molecular formula is C13H26N2O2. The lowest BCUT2D eigenvalue weighted by Gasteiger charge is -2.48. The average Bonchev–Trinajstić information content (AvgIpc) is 3.14. The van der Waals surface area contributed by atoms with Crippen LogP contribution in [-0.4, -0.2) is 56.0 Å². The largest absolute Gasteiger partial charge is 0.383 e. The first kappa shape index (κ1) is 13.3. The maximum atomic E-state index is 6.10. The van der Waals surface area contributed by atoms with E-state index in [9.17, 15) is 0 Å². The van der Waals surface area contributed by atoms with Gasteiger partial charge in [0, 0.05) is 38.4 Å². The molecule has 17 heavy (non-hydrogen) atoms. The molecule has 2 atom stereocenters. The van der Waals surface area contributed by atoms with Crippen LogP contribution in [0.5, 0.6) is 0 Å². The maximum absolute atomic E-state index is 6.10. The summed E-state index contributed by atoms with van der Waals surface area (Å²) < 4.78 is 10.9. The first-order valence-electron chi connectivity index (χ1n) is 6.79. The Hall–Kier alpha value is -0.160. The third kappa shape index (κ3) is 2.99. The molecule has 0 aromatic heterocycles. The van der Waals surface area contributed by atoms with Crippen LogP contribution < -0.4 is 5.73 Å². The molecule has 1 saturated carbocycles. The third-order valence-corrected chi connectivity index (χ3v) is 4.15. The van der Waals surface area contributed by atoms with E-state index in [4.69, 9.17) is 15.2 Å². The van der Waals surface area contributed by atoms with E-state index < -0.39 is 0 Å². The quantitative estimate of drug-likeness (QED) is 0.754. The molecular weight excluding hydrogens is 216 g/mol. The Morgan fingerprint density at radius 1 is 1.47 bits per heavy atom. The average molecular weight is 242 g/mol. The number of methoxy groups -OCH3 is 1. The standard InChI is InChI=1S/C13H26N2O2/c1-11-9-13(10-14,5-7-17-11)15(6-8-16-2)12-3-4-12/h11-12H,3-10,14H2,1-2H3. The fourth-order valence-electron chi connectivity index (χ4n) is 3.09. The minimum Gasteiger partial charge on any atom is -0.383 e. The summed E-state index contributed by atoms with van der Waals surface area (Å²) in [5, 5.41) is 0. The van der Waals surface area contributed by atoms with Gasteiger partial charge < -0.3 is 15.2 Å². The number of hydrogen-bond acceptors (Lipinski definition) is 4. The zero-order chi connectivity index (χ0) is 12.3. The Morgan fingerprint density at radius 2 is 2.24 bits per heavy atom. The molecule has 2 N–H and O–H groups in total. The van der Waals surface area contributed by atoms with Crippen LogP contribution in [0, 0.1) is 0 Å². The van der Waals surface area contributed by atoms with Gasteiger partial charge in [-0.3, -0.25) is 4.90 Å². The van der Waals surface area contributed by atoms with Crippen LogP contribution in [-0.2, 0) is 9.47 Å². The molecule has 1 saturated heterocycles. The van der Waals surface area contributed by atoms with Crippen LogP contribution in [0.1, 0.15) is 32.6 Å². The van der Waals surface area contributed by atoms with Gasteiger partial charge in [0.15, 0.2) is 0 Å². The lowest BCUT2D eigenvalue weighted by molar-refractivity contribution is -0.0714. The molecule has 4 heteroatoms. The maximum Gasteiger partial charge on any atom is 0.0590 e. The van der Waals surface area contributed by atoms with Crippen LogP contribution in [0.4, 0.5) is 0 Å². The van der Waals surface area contributed by atoms with Crippen molar-refractivity contribution >= 4 is 0 Å². The first-order chi connectivity index (χ1) is 8.22. The first-order valence-corrected chi connectivity index (χ1v) is 6.79. The van der Waals surface area contributed by atoms with E-state index in [0.29, 0.717) is 6.10 Å². The summed E-state index contributed by atoms with van der Waals surface area (Å²) in [5.41, 5.74) is 6.25. The van der Waals surface area contributed by atoms with Gasteiger partial charge in [0.05, 0.1) is 12.7 Å². The van der Waals surface area contributed by atoms with Crippen LogP contribution in [0.15, 0.2) is 0 Å². The van der Waals surface area contributed by atoms with Crippen molar-refractivity contribution in [2.45, 2.75) is 50.3 Å². The molecule has 0 amide bonds. The minimum absolute atomic E-state index is 0.150. The topological polar surface area (TPSA) is 47.7 Å². The van der Waals surface area contributed by atoms with Crippen molar-refractivity contribution in [3.05, 3.63) is 0 Å². The molecule has 1 aliphatic carbocycles. The highest BCUT2D eigenvalue weighted by Crippen LogP contribution is 2.38. The molecule has 1 aliphatic heterocycles. The molecule has 2 unspecified atom stereocenters. The summed E-state index contributed by atoms with van der Waals surface area (Å²) in [5.74, 6) is 0. The molecule has 4 nitrogen and oxygen atoms in total. The number of rotatable bonds is 6. The minimum atomic E-state index is 0.150. The SMILES string of the molecule is COCCN(C1CC1)C1(CN)CCOC(C)C1. The van der Waals surface area contributed by atoms with Gasteiger partial charge in [-0.05, 0) is 32.6 Å². The van der Waals surface area contributed by atoms with E-state index in [-0.39, 0.29) is 5.54 Å². The second kappa shape index (κ2) is 5.65. The molecule has 0 radical (unpaired) electrons. The predicted octanol–water partition coefficient (Wildman–Crippen LogP) is 0.994. The Morgan fingerprint density at radius 3 is 2.76 bits per heavy atom. The van der Waals surface area contributed by atoms with Crippen molar-refractivity contribution in [1.82, 2.24) is 4.90 Å². The number of ether oxygens (including phenoxy) is 2. The lowest BCUT2D eigenvalue weighted by atomic mass is 9.85. The summed E-state index contributed by atoms with van der Waals surface area (Å²) in [6, 6.07) is 0.735. The fourth-order valence-corrected chi connectivity index (χ4v) is 3.09. The van der Waals surface area contributed by atoms with Gasteiger partial charge in [0.25, 0.3) is 0 Å². The van der Waals surface area contributed by atoms with E-state index in [1.54, 1.807) is 7.11 Å². The van der Waals surface area contributed by atoms with Gasteiger partial charge in [-0.2, -0.15) is 0 Å². The van der Waals surface area contributed by atoms with Crippen molar-refractivity contribution < 1.29 is 9.47 Å². The van der Waals surface area contributed by atoms with Gasteiger partial charge in [0.1, 0.15) is 0 Å². The van der Waals surface area contributed by atoms with Gasteiger partial charge in [-0.1, -0.05) is 0 Å². The van der Waals surface area contributed by atoms with E-state index >= 15 is 0 Å². The zero-order valence-electron chi connectivity index (χ0n) is 11.2. The normalized spacial score (nSPS) is 34.2. The molecule has 2 rings (SSSR count). The molecule has 2 fully saturated rings. The fraction of sp³-hybridized carbons (Fsp3) is 1.00. The Balaban J connectivity index is 2.06. The van der Waals surface area contributed by atoms with Crippen molar-refractivity contribution in [2.75, 3.05) is 33.4 Å². The summed E-state index contributed by atoms with van der Waals surface area (Å²) >= 11 is 0. The Kier molecular flexibility index (Phi) is 4.42. The van der Waals surface area contributed by atoms with Crippen molar-refractivity contribution in [3.63, 3.8) is 0 Å². The van der Waals surface area contributed by atoms with Crippen LogP contribution in [0.3, 0.4) is 0 Å². The van der Waals surface area contributed by atoms with Crippen molar-refractivity contribution in [2.24, 2.45) is 5.73 Å². The number of nitrogens with two attached hydrogens (primary N) is 1. The van der Waals surface area contributed by atoms with Gasteiger partial charge in [-0.15, -0.1) is 0 Å². The second-order valence-corrected chi connectivity index (χ2v) is 5.48. The third-order valence-electron chi connectivity index (χ3n) is 4.15. The predicted molar refractivity (Wildman–Crippen MR) is 68.0 cm³/mol. The van der Waals surface area contributed by atoms with Crippen LogP contribution in [0.25, 0.3) is 0 Å². The monoisotopic (exact) mass is 242 g/mol. The number of nitrogens with zero attached hydrogens (tertiary/aromatic N) is 1. The van der Waals surface area contributed by atoms with E-state index in [1.165, 1.54) is 12.8 Å². The summed E-state index contributed by atoms with van der Waals surface area (Å²) in [6.45, 7) is 5.54. The van der Waals surface area contributed by atoms with Gasteiger partial charge in [-0.25, -0.2) is 0 Å². The highest BCUT2D eigenvalue weighted by atomic mass is 16.5. The van der Waals surface area contributed by atoms with Crippen molar-refractivity contribution in [3.8, 4) is 0 Å². The smallest absolute Gasteiger partial charge is 0.0590 e. The highest BCUT2D eigenvalue weighted by Gasteiger charge is 2.45. The molecule has 0 aromatic carbocycles. The lowest BCUT2D eigenvalue weighted by Crippen LogP contribution is -2.59.